The normalized spacial score (nSPS) is 12.6. The van der Waals surface area contributed by atoms with Gasteiger partial charge in [0.2, 0.25) is 0 Å². The molecule has 4 aromatic heterocycles. The van der Waals surface area contributed by atoms with Crippen LogP contribution in [0.1, 0.15) is 31.4 Å². The zero-order valence-electron chi connectivity index (χ0n) is 17.4. The van der Waals surface area contributed by atoms with Gasteiger partial charge < -0.3 is 21.0 Å². The Bertz CT molecular complexity index is 1260. The van der Waals surface area contributed by atoms with Crippen molar-refractivity contribution in [2.24, 2.45) is 10.9 Å². The van der Waals surface area contributed by atoms with E-state index in [1.807, 2.05) is 13.8 Å². The van der Waals surface area contributed by atoms with Gasteiger partial charge in [-0.3, -0.25) is 14.8 Å². The lowest BCUT2D eigenvalue weighted by Gasteiger charge is -2.24. The number of nitrogens with zero attached hydrogens (tertiary/aromatic N) is 5. The van der Waals surface area contributed by atoms with Crippen LogP contribution in [0.4, 0.5) is 11.4 Å². The number of aliphatic imine (C=N–C) groups is 1. The van der Waals surface area contributed by atoms with Gasteiger partial charge in [-0.2, -0.15) is 0 Å². The van der Waals surface area contributed by atoms with E-state index in [9.17, 15) is 4.79 Å². The lowest BCUT2D eigenvalue weighted by molar-refractivity contribution is 0.521. The summed E-state index contributed by atoms with van der Waals surface area (Å²) in [5, 5.41) is 3.41. The van der Waals surface area contributed by atoms with E-state index < -0.39 is 0 Å². The summed E-state index contributed by atoms with van der Waals surface area (Å²) < 4.78 is 0. The van der Waals surface area contributed by atoms with Gasteiger partial charge in [0.05, 0.1) is 40.3 Å². The molecule has 0 saturated heterocycles. The molecule has 31 heavy (non-hydrogen) atoms. The zero-order valence-corrected chi connectivity index (χ0v) is 17.4. The maximum absolute atomic E-state index is 13.1. The van der Waals surface area contributed by atoms with E-state index in [0.29, 0.717) is 45.3 Å². The fourth-order valence-corrected chi connectivity index (χ4v) is 3.37. The van der Waals surface area contributed by atoms with Crippen molar-refractivity contribution < 1.29 is 0 Å². The topological polar surface area (TPSA) is 151 Å². The summed E-state index contributed by atoms with van der Waals surface area (Å²) in [5.41, 5.74) is 9.03. The van der Waals surface area contributed by atoms with Crippen molar-refractivity contribution in [3.05, 3.63) is 58.8 Å². The minimum atomic E-state index is -0.352. The predicted molar refractivity (Wildman–Crippen MR) is 121 cm³/mol. The largest absolute Gasteiger partial charge is 0.395 e. The van der Waals surface area contributed by atoms with Crippen LogP contribution in [-0.4, -0.2) is 43.2 Å². The van der Waals surface area contributed by atoms with Crippen LogP contribution in [0, 0.1) is 5.92 Å². The first-order valence-electron chi connectivity index (χ1n) is 9.81. The summed E-state index contributed by atoms with van der Waals surface area (Å²) in [6.07, 6.45) is 8.18. The highest BCUT2D eigenvalue weighted by Gasteiger charge is 2.25. The van der Waals surface area contributed by atoms with Gasteiger partial charge in [0, 0.05) is 31.9 Å². The minimum Gasteiger partial charge on any atom is -0.395 e. The highest BCUT2D eigenvalue weighted by molar-refractivity contribution is 5.95. The number of fused-ring (bicyclic) bond motifs is 1. The zero-order chi connectivity index (χ0) is 22.0. The number of nitrogens with two attached hydrogens (primary N) is 1. The molecule has 0 amide bonds. The summed E-state index contributed by atoms with van der Waals surface area (Å²) in [7, 11) is 1.61. The van der Waals surface area contributed by atoms with E-state index in [-0.39, 0.29) is 17.5 Å². The van der Waals surface area contributed by atoms with Gasteiger partial charge >= 0.3 is 0 Å². The lowest BCUT2D eigenvalue weighted by Crippen LogP contribution is -2.24. The van der Waals surface area contributed by atoms with Crippen molar-refractivity contribution in [2.45, 2.75) is 19.9 Å². The van der Waals surface area contributed by atoms with Crippen LogP contribution < -0.4 is 16.6 Å². The second-order valence-corrected chi connectivity index (χ2v) is 7.37. The Hall–Kier alpha value is -4.08. The molecule has 0 fully saturated rings. The van der Waals surface area contributed by atoms with E-state index in [0.717, 1.165) is 0 Å². The van der Waals surface area contributed by atoms with E-state index in [2.05, 4.69) is 40.2 Å². The number of aromatic nitrogens is 6. The Kier molecular flexibility index (Phi) is 5.44. The molecular weight excluding hydrogens is 394 g/mol. The highest BCUT2D eigenvalue weighted by atomic mass is 16.1. The van der Waals surface area contributed by atoms with Gasteiger partial charge in [0.1, 0.15) is 11.4 Å². The first-order chi connectivity index (χ1) is 15.0. The maximum atomic E-state index is 13.1. The Balaban J connectivity index is 1.93. The highest BCUT2D eigenvalue weighted by Crippen LogP contribution is 2.34. The van der Waals surface area contributed by atoms with Gasteiger partial charge in [-0.25, -0.2) is 15.0 Å². The number of imidazole rings is 1. The number of hydrogen-bond acceptors (Lipinski definition) is 8. The number of pyridine rings is 2. The molecule has 4 heterocycles. The Morgan fingerprint density at radius 3 is 2.65 bits per heavy atom. The third-order valence-electron chi connectivity index (χ3n) is 4.89. The Morgan fingerprint density at radius 2 is 1.97 bits per heavy atom. The monoisotopic (exact) mass is 417 g/mol. The summed E-state index contributed by atoms with van der Waals surface area (Å²) in [4.78, 5) is 40.5. The number of aromatic amines is 2. The van der Waals surface area contributed by atoms with Crippen LogP contribution in [0.2, 0.25) is 0 Å². The van der Waals surface area contributed by atoms with Crippen molar-refractivity contribution in [2.75, 3.05) is 18.1 Å². The van der Waals surface area contributed by atoms with Crippen molar-refractivity contribution in [3.63, 3.8) is 0 Å². The average molecular weight is 417 g/mol. The maximum Gasteiger partial charge on any atom is 0.261 e. The summed E-state index contributed by atoms with van der Waals surface area (Å²) >= 11 is 0. The van der Waals surface area contributed by atoms with Crippen LogP contribution in [0.25, 0.3) is 22.4 Å². The molecule has 0 unspecified atom stereocenters. The minimum absolute atomic E-state index is 0.108. The number of nitrogens with one attached hydrogen (secondary N) is 3. The first-order valence-corrected chi connectivity index (χ1v) is 9.81. The molecule has 0 bridgehead atoms. The smallest absolute Gasteiger partial charge is 0.261 e. The fourth-order valence-electron chi connectivity index (χ4n) is 3.37. The molecule has 0 aliphatic carbocycles. The summed E-state index contributed by atoms with van der Waals surface area (Å²) in [6, 6.07) is 3.24. The van der Waals surface area contributed by atoms with Gasteiger partial charge in [-0.05, 0) is 18.1 Å². The molecular formula is C21H23N9O. The van der Waals surface area contributed by atoms with Crippen LogP contribution in [0.15, 0.2) is 46.7 Å². The molecule has 158 valence electrons. The first kappa shape index (κ1) is 20.2. The van der Waals surface area contributed by atoms with E-state index in [4.69, 9.17) is 5.73 Å². The van der Waals surface area contributed by atoms with E-state index >= 15 is 0 Å². The molecule has 0 aromatic carbocycles. The third-order valence-corrected chi connectivity index (χ3v) is 4.89. The molecule has 0 spiro atoms. The Labute approximate surface area is 178 Å². The summed E-state index contributed by atoms with van der Waals surface area (Å²) in [6.45, 7) is 4.08. The van der Waals surface area contributed by atoms with Gasteiger partial charge in [-0.1, -0.05) is 13.8 Å². The molecule has 10 nitrogen and oxygen atoms in total. The van der Waals surface area contributed by atoms with Gasteiger partial charge in [0.15, 0.2) is 5.82 Å². The molecule has 0 aliphatic heterocycles. The molecule has 10 heteroatoms. The number of anilines is 2. The van der Waals surface area contributed by atoms with Crippen molar-refractivity contribution >= 4 is 28.6 Å². The molecule has 0 saturated carbocycles. The Morgan fingerprint density at radius 1 is 1.19 bits per heavy atom. The van der Waals surface area contributed by atoms with Crippen LogP contribution in [0.3, 0.4) is 0 Å². The third kappa shape index (κ3) is 3.87. The van der Waals surface area contributed by atoms with E-state index in [1.165, 1.54) is 6.21 Å². The molecule has 0 radical (unpaired) electrons. The second kappa shape index (κ2) is 8.34. The quantitative estimate of drug-likeness (QED) is 0.352. The van der Waals surface area contributed by atoms with E-state index in [1.54, 1.807) is 44.0 Å². The second-order valence-electron chi connectivity index (χ2n) is 7.37. The predicted octanol–water partition coefficient (Wildman–Crippen LogP) is 2.54. The van der Waals surface area contributed by atoms with Crippen molar-refractivity contribution in [1.29, 1.82) is 0 Å². The molecule has 0 aliphatic rings. The SMILES string of the molecule is CN=Cc1[nH]c(=O)c(-c2nc3ccncc3[nH]2)c(N[C@H](c2ncccn2)C(C)C)c1N. The van der Waals surface area contributed by atoms with Crippen LogP contribution >= 0.6 is 0 Å². The molecule has 1 atom stereocenters. The molecule has 5 N–H and O–H groups in total. The average Bonchev–Trinajstić information content (AvgIpc) is 3.19. The fraction of sp³-hybridized carbons (Fsp3) is 0.238. The van der Waals surface area contributed by atoms with Crippen LogP contribution in [-0.2, 0) is 0 Å². The molecule has 4 aromatic rings. The number of hydrogen-bond donors (Lipinski definition) is 4. The summed E-state index contributed by atoms with van der Waals surface area (Å²) in [5.74, 6) is 1.09. The lowest BCUT2D eigenvalue weighted by atomic mass is 10.0. The standard InChI is InChI=1S/C21H23N9O/c1-11(2)17(20-25-6-4-7-26-20)30-18-15(21(31)29-14(9-23-3)16(18)22)19-27-12-5-8-24-10-13(12)28-19/h4-11,17H,22H2,1-3H3,(H,27,28)(H2,29,30,31)/t17-/m0/s1. The van der Waals surface area contributed by atoms with Gasteiger partial charge in [-0.15, -0.1) is 0 Å². The number of H-pyrrole nitrogens is 2. The molecule has 4 rings (SSSR count). The van der Waals surface area contributed by atoms with Crippen molar-refractivity contribution in [1.82, 2.24) is 29.9 Å². The number of nitrogen functional groups attached to an aromatic ring is 1. The number of rotatable bonds is 6. The van der Waals surface area contributed by atoms with Crippen LogP contribution in [0.5, 0.6) is 0 Å². The van der Waals surface area contributed by atoms with Gasteiger partial charge in [0.25, 0.3) is 5.56 Å². The van der Waals surface area contributed by atoms with Crippen molar-refractivity contribution in [3.8, 4) is 11.4 Å².